The van der Waals surface area contributed by atoms with Crippen LogP contribution in [-0.4, -0.2) is 52.0 Å². The summed E-state index contributed by atoms with van der Waals surface area (Å²) in [6.07, 6.45) is 8.60. The fourth-order valence-electron chi connectivity index (χ4n) is 5.59. The van der Waals surface area contributed by atoms with Crippen molar-refractivity contribution in [3.05, 3.63) is 36.3 Å². The molecule has 0 atom stereocenters. The topological polar surface area (TPSA) is 96.8 Å². The number of carbonyl (C=O) groups is 2. The maximum atomic E-state index is 13.4. The molecule has 2 bridgehead atoms. The van der Waals surface area contributed by atoms with Crippen LogP contribution in [0.15, 0.2) is 30.7 Å². The van der Waals surface area contributed by atoms with Crippen LogP contribution in [0.1, 0.15) is 38.2 Å². The number of hydrogen-bond donors (Lipinski definition) is 3. The first kappa shape index (κ1) is 18.6. The highest BCUT2D eigenvalue weighted by Crippen LogP contribution is 2.68. The number of carbonyl (C=O) groups excluding carboxylic acids is 2. The molecule has 1 saturated carbocycles. The zero-order valence-electron chi connectivity index (χ0n) is 16.7. The lowest BCUT2D eigenvalue weighted by Crippen LogP contribution is -2.61. The van der Waals surface area contributed by atoms with Crippen molar-refractivity contribution in [3.8, 4) is 0 Å². The van der Waals surface area contributed by atoms with Gasteiger partial charge in [-0.2, -0.15) is 0 Å². The summed E-state index contributed by atoms with van der Waals surface area (Å²) in [6.45, 7) is 4.16. The van der Waals surface area contributed by atoms with E-state index in [-0.39, 0.29) is 11.8 Å². The highest BCUT2D eigenvalue weighted by Gasteiger charge is 2.77. The van der Waals surface area contributed by atoms with Gasteiger partial charge in [0.05, 0.1) is 16.6 Å². The minimum atomic E-state index is -0.509. The number of pyridine rings is 1. The van der Waals surface area contributed by atoms with Crippen LogP contribution < -0.4 is 16.0 Å². The molecular formula is C21H27N5O3. The van der Waals surface area contributed by atoms with Gasteiger partial charge in [0.15, 0.2) is 0 Å². The Morgan fingerprint density at radius 3 is 2.79 bits per heavy atom. The van der Waals surface area contributed by atoms with Gasteiger partial charge in [0.25, 0.3) is 0 Å². The number of rotatable bonds is 5. The van der Waals surface area contributed by atoms with Crippen LogP contribution in [0.2, 0.25) is 0 Å². The van der Waals surface area contributed by atoms with Crippen LogP contribution in [-0.2, 0) is 20.9 Å². The van der Waals surface area contributed by atoms with Crippen molar-refractivity contribution < 1.29 is 14.3 Å². The number of aromatic nitrogens is 2. The summed E-state index contributed by atoms with van der Waals surface area (Å²) < 4.78 is 8.54. The van der Waals surface area contributed by atoms with Gasteiger partial charge in [-0.05, 0) is 56.5 Å². The molecule has 2 amide bonds. The Hall–Kier alpha value is -2.45. The van der Waals surface area contributed by atoms with Gasteiger partial charge in [0, 0.05) is 38.6 Å². The second-order valence-corrected chi connectivity index (χ2v) is 8.79. The number of nitrogens with zero attached hydrogens (tertiary/aromatic N) is 2. The second kappa shape index (κ2) is 6.53. The third kappa shape index (κ3) is 2.85. The molecule has 4 aliphatic rings. The van der Waals surface area contributed by atoms with E-state index >= 15 is 0 Å². The van der Waals surface area contributed by atoms with Crippen molar-refractivity contribution in [2.24, 2.45) is 5.41 Å². The second-order valence-electron chi connectivity index (χ2n) is 8.79. The minimum absolute atomic E-state index is 0.0643. The molecule has 1 spiro atoms. The lowest BCUT2D eigenvalue weighted by Gasteiger charge is -2.48. The van der Waals surface area contributed by atoms with Crippen molar-refractivity contribution in [2.45, 2.75) is 50.4 Å². The fourth-order valence-corrected chi connectivity index (χ4v) is 5.59. The molecule has 3 aliphatic heterocycles. The van der Waals surface area contributed by atoms with Crippen LogP contribution in [0.5, 0.6) is 0 Å². The molecule has 3 saturated heterocycles. The van der Waals surface area contributed by atoms with E-state index in [4.69, 9.17) is 4.74 Å². The third-order valence-electron chi connectivity index (χ3n) is 6.95. The molecular weight excluding hydrogens is 370 g/mol. The smallest absolute Gasteiger partial charge is 0.229 e. The van der Waals surface area contributed by atoms with Gasteiger partial charge in [-0.3, -0.25) is 9.59 Å². The molecule has 0 unspecified atom stereocenters. The monoisotopic (exact) mass is 397 g/mol. The van der Waals surface area contributed by atoms with Crippen molar-refractivity contribution in [1.82, 2.24) is 25.3 Å². The van der Waals surface area contributed by atoms with Crippen molar-refractivity contribution in [3.63, 3.8) is 0 Å². The SMILES string of the molecule is CC(=O)NCC12CC(C(=O)NCc3ccn4ccnc4c3)(C1)C1(CCNCC1)O2. The van der Waals surface area contributed by atoms with Gasteiger partial charge in [0.1, 0.15) is 5.65 Å². The first-order chi connectivity index (χ1) is 14.0. The van der Waals surface area contributed by atoms with E-state index in [2.05, 4.69) is 20.9 Å². The van der Waals surface area contributed by atoms with Gasteiger partial charge in [-0.1, -0.05) is 0 Å². The first-order valence-corrected chi connectivity index (χ1v) is 10.3. The molecule has 6 rings (SSSR count). The molecule has 154 valence electrons. The first-order valence-electron chi connectivity index (χ1n) is 10.3. The maximum absolute atomic E-state index is 13.4. The predicted molar refractivity (Wildman–Crippen MR) is 106 cm³/mol. The number of ether oxygens (including phenoxy) is 1. The summed E-state index contributed by atoms with van der Waals surface area (Å²) in [5.41, 5.74) is 0.538. The van der Waals surface area contributed by atoms with Crippen LogP contribution in [0.3, 0.4) is 0 Å². The van der Waals surface area contributed by atoms with Gasteiger partial charge < -0.3 is 25.1 Å². The van der Waals surface area contributed by atoms with E-state index in [0.29, 0.717) is 25.9 Å². The zero-order chi connectivity index (χ0) is 20.1. The van der Waals surface area contributed by atoms with Crippen LogP contribution in [0, 0.1) is 5.41 Å². The summed E-state index contributed by atoms with van der Waals surface area (Å²) >= 11 is 0. The van der Waals surface area contributed by atoms with Crippen LogP contribution in [0.4, 0.5) is 0 Å². The number of amides is 2. The summed E-state index contributed by atoms with van der Waals surface area (Å²) in [4.78, 5) is 29.1. The Labute approximate surface area is 169 Å². The summed E-state index contributed by atoms with van der Waals surface area (Å²) in [5, 5.41) is 9.44. The Morgan fingerprint density at radius 2 is 2.03 bits per heavy atom. The molecule has 8 nitrogen and oxygen atoms in total. The lowest BCUT2D eigenvalue weighted by atomic mass is 9.53. The van der Waals surface area contributed by atoms with Crippen molar-refractivity contribution in [1.29, 1.82) is 0 Å². The summed E-state index contributed by atoms with van der Waals surface area (Å²) in [6, 6.07) is 3.99. The molecule has 5 heterocycles. The molecule has 29 heavy (non-hydrogen) atoms. The van der Waals surface area contributed by atoms with E-state index in [0.717, 1.165) is 37.1 Å². The van der Waals surface area contributed by atoms with Gasteiger partial charge >= 0.3 is 0 Å². The number of piperidine rings is 1. The number of fused-ring (bicyclic) bond motifs is 1. The molecule has 0 radical (unpaired) electrons. The molecule has 2 aromatic heterocycles. The summed E-state index contributed by atoms with van der Waals surface area (Å²) in [5.74, 6) is 0.00383. The number of nitrogens with one attached hydrogen (secondary N) is 3. The molecule has 8 heteroatoms. The average molecular weight is 397 g/mol. The number of imidazole rings is 1. The standard InChI is InChI=1S/C21H27N5O3/c1-15(27)25-14-19-12-20(13-19,21(29-19)3-5-22-6-4-21)18(28)24-11-16-2-8-26-9-7-23-17(26)10-16/h2,7-10,22H,3-6,11-14H2,1H3,(H,24,28)(H,25,27). The maximum Gasteiger partial charge on any atom is 0.229 e. The highest BCUT2D eigenvalue weighted by atomic mass is 16.5. The Kier molecular flexibility index (Phi) is 4.18. The van der Waals surface area contributed by atoms with Gasteiger partial charge in [-0.15, -0.1) is 0 Å². The van der Waals surface area contributed by atoms with Crippen molar-refractivity contribution >= 4 is 17.5 Å². The molecule has 3 N–H and O–H groups in total. The Balaban J connectivity index is 1.33. The number of hydrogen-bond acceptors (Lipinski definition) is 5. The van der Waals surface area contributed by atoms with E-state index < -0.39 is 16.6 Å². The largest absolute Gasteiger partial charge is 0.365 e. The average Bonchev–Trinajstić information content (AvgIpc) is 3.32. The molecule has 1 aliphatic carbocycles. The third-order valence-corrected chi connectivity index (χ3v) is 6.95. The normalized spacial score (nSPS) is 29.6. The quantitative estimate of drug-likeness (QED) is 0.692. The highest BCUT2D eigenvalue weighted by molar-refractivity contribution is 5.87. The summed E-state index contributed by atoms with van der Waals surface area (Å²) in [7, 11) is 0. The van der Waals surface area contributed by atoms with Crippen LogP contribution in [0.25, 0.3) is 5.65 Å². The molecule has 2 aromatic rings. The Morgan fingerprint density at radius 1 is 1.24 bits per heavy atom. The Bertz CT molecular complexity index is 956. The van der Waals surface area contributed by atoms with E-state index in [9.17, 15) is 9.59 Å². The zero-order valence-corrected chi connectivity index (χ0v) is 16.7. The van der Waals surface area contributed by atoms with Gasteiger partial charge in [-0.25, -0.2) is 4.98 Å². The van der Waals surface area contributed by atoms with E-state index in [1.54, 1.807) is 6.20 Å². The fraction of sp³-hybridized carbons (Fsp3) is 0.571. The van der Waals surface area contributed by atoms with E-state index in [1.165, 1.54) is 6.92 Å². The van der Waals surface area contributed by atoms with E-state index in [1.807, 2.05) is 28.9 Å². The van der Waals surface area contributed by atoms with Gasteiger partial charge in [0.2, 0.25) is 11.8 Å². The molecule has 0 aromatic carbocycles. The van der Waals surface area contributed by atoms with Crippen LogP contribution >= 0.6 is 0 Å². The lowest BCUT2D eigenvalue weighted by molar-refractivity contribution is -0.141. The molecule has 4 fully saturated rings. The minimum Gasteiger partial charge on any atom is -0.365 e. The van der Waals surface area contributed by atoms with Crippen molar-refractivity contribution in [2.75, 3.05) is 19.6 Å². The predicted octanol–water partition coefficient (Wildman–Crippen LogP) is 0.758.